The van der Waals surface area contributed by atoms with Gasteiger partial charge < -0.3 is 10.6 Å². The summed E-state index contributed by atoms with van der Waals surface area (Å²) in [6, 6.07) is 11.2. The Morgan fingerprint density at radius 2 is 1.96 bits per heavy atom. The van der Waals surface area contributed by atoms with Gasteiger partial charge >= 0.3 is 0 Å². The maximum atomic E-state index is 4.41. The second-order valence-corrected chi connectivity index (χ2v) is 7.76. The minimum Gasteiger partial charge on any atom is -0.356 e. The van der Waals surface area contributed by atoms with Crippen LogP contribution in [-0.4, -0.2) is 50.1 Å². The molecule has 2 N–H and O–H groups in total. The van der Waals surface area contributed by atoms with Crippen LogP contribution < -0.4 is 10.6 Å². The van der Waals surface area contributed by atoms with Crippen molar-refractivity contribution >= 4 is 5.96 Å². The van der Waals surface area contributed by atoms with Crippen LogP contribution in [0.25, 0.3) is 0 Å². The summed E-state index contributed by atoms with van der Waals surface area (Å²) < 4.78 is 0. The predicted molar refractivity (Wildman–Crippen MR) is 108 cm³/mol. The van der Waals surface area contributed by atoms with Gasteiger partial charge in [0.15, 0.2) is 5.96 Å². The number of nitrogens with one attached hydrogen (secondary N) is 2. The van der Waals surface area contributed by atoms with Crippen LogP contribution in [0.2, 0.25) is 0 Å². The third kappa shape index (κ3) is 6.91. The Labute approximate surface area is 153 Å². The molecule has 0 aliphatic carbocycles. The van der Waals surface area contributed by atoms with Crippen molar-refractivity contribution < 1.29 is 0 Å². The van der Waals surface area contributed by atoms with Crippen molar-refractivity contribution in [1.82, 2.24) is 15.5 Å². The molecule has 1 saturated heterocycles. The fraction of sp³-hybridized carbons (Fsp3) is 0.571. The van der Waals surface area contributed by atoms with Gasteiger partial charge in [0, 0.05) is 39.3 Å². The van der Waals surface area contributed by atoms with Crippen LogP contribution in [-0.2, 0) is 6.42 Å². The molecule has 0 radical (unpaired) electrons. The molecule has 1 aromatic rings. The van der Waals surface area contributed by atoms with E-state index in [0.29, 0.717) is 6.04 Å². The topological polar surface area (TPSA) is 39.7 Å². The monoisotopic (exact) mass is 342 g/mol. The van der Waals surface area contributed by atoms with Crippen molar-refractivity contribution in [1.29, 1.82) is 0 Å². The number of likely N-dealkylation sites (tertiary alicyclic amines) is 1. The lowest BCUT2D eigenvalue weighted by Gasteiger charge is -2.33. The highest BCUT2D eigenvalue weighted by Gasteiger charge is 2.21. The first-order valence-electron chi connectivity index (χ1n) is 9.37. The number of benzene rings is 1. The molecule has 1 aliphatic heterocycles. The first kappa shape index (κ1) is 19.5. The number of hydrogen-bond donors (Lipinski definition) is 2. The van der Waals surface area contributed by atoms with Gasteiger partial charge in [-0.05, 0) is 30.2 Å². The Balaban J connectivity index is 1.77. The summed E-state index contributed by atoms with van der Waals surface area (Å²) in [5.74, 6) is 0.920. The van der Waals surface area contributed by atoms with Crippen LogP contribution in [0.5, 0.6) is 0 Å². The van der Waals surface area contributed by atoms with Gasteiger partial charge in [0.2, 0.25) is 0 Å². The molecule has 25 heavy (non-hydrogen) atoms. The van der Waals surface area contributed by atoms with E-state index in [2.05, 4.69) is 71.3 Å². The van der Waals surface area contributed by atoms with Gasteiger partial charge in [-0.25, -0.2) is 0 Å². The SMILES string of the molecule is C=CCN1CCC(NC(=NC)NCC(C)(C)Cc2ccccc2)CC1. The van der Waals surface area contributed by atoms with E-state index in [1.54, 1.807) is 0 Å². The lowest BCUT2D eigenvalue weighted by atomic mass is 9.86. The molecule has 0 spiro atoms. The summed E-state index contributed by atoms with van der Waals surface area (Å²) in [5, 5.41) is 7.11. The highest BCUT2D eigenvalue weighted by Crippen LogP contribution is 2.20. The lowest BCUT2D eigenvalue weighted by molar-refractivity contribution is 0.224. The summed E-state index contributed by atoms with van der Waals surface area (Å²) >= 11 is 0. The van der Waals surface area contributed by atoms with E-state index in [9.17, 15) is 0 Å². The second kappa shape index (κ2) is 9.62. The number of hydrogen-bond acceptors (Lipinski definition) is 2. The van der Waals surface area contributed by atoms with Gasteiger partial charge in [0.25, 0.3) is 0 Å². The Morgan fingerprint density at radius 3 is 2.56 bits per heavy atom. The van der Waals surface area contributed by atoms with Gasteiger partial charge in [-0.3, -0.25) is 9.89 Å². The molecular formula is C21H34N4. The van der Waals surface area contributed by atoms with E-state index in [-0.39, 0.29) is 5.41 Å². The van der Waals surface area contributed by atoms with Crippen LogP contribution in [0.1, 0.15) is 32.3 Å². The molecule has 138 valence electrons. The molecule has 0 amide bonds. The van der Waals surface area contributed by atoms with E-state index in [0.717, 1.165) is 51.4 Å². The fourth-order valence-corrected chi connectivity index (χ4v) is 3.36. The first-order chi connectivity index (χ1) is 12.0. The summed E-state index contributed by atoms with van der Waals surface area (Å²) in [5.41, 5.74) is 1.55. The van der Waals surface area contributed by atoms with Crippen molar-refractivity contribution in [2.24, 2.45) is 10.4 Å². The number of rotatable bonds is 7. The normalized spacial score (nSPS) is 17.3. The average molecular weight is 343 g/mol. The molecule has 1 aliphatic rings. The van der Waals surface area contributed by atoms with E-state index in [1.807, 2.05) is 13.1 Å². The van der Waals surface area contributed by atoms with Crippen LogP contribution >= 0.6 is 0 Å². The molecule has 1 heterocycles. The predicted octanol–water partition coefficient (Wildman–Crippen LogP) is 3.07. The standard InChI is InChI=1S/C21H34N4/c1-5-13-25-14-11-19(12-15-25)24-20(22-4)23-17-21(2,3)16-18-9-7-6-8-10-18/h5-10,19H,1,11-17H2,2-4H3,(H2,22,23,24). The highest BCUT2D eigenvalue weighted by molar-refractivity contribution is 5.80. The zero-order valence-electron chi connectivity index (χ0n) is 16.1. The van der Waals surface area contributed by atoms with Crippen molar-refractivity contribution in [2.75, 3.05) is 33.2 Å². The smallest absolute Gasteiger partial charge is 0.191 e. The number of piperidine rings is 1. The van der Waals surface area contributed by atoms with E-state index < -0.39 is 0 Å². The van der Waals surface area contributed by atoms with Crippen molar-refractivity contribution in [3.63, 3.8) is 0 Å². The maximum absolute atomic E-state index is 4.41. The molecule has 0 saturated carbocycles. The number of aliphatic imine (C=N–C) groups is 1. The van der Waals surface area contributed by atoms with Gasteiger partial charge in [-0.15, -0.1) is 6.58 Å². The summed E-state index contributed by atoms with van der Waals surface area (Å²) in [6.45, 7) is 12.6. The zero-order chi connectivity index (χ0) is 18.1. The van der Waals surface area contributed by atoms with Gasteiger partial charge in [-0.1, -0.05) is 50.3 Å². The van der Waals surface area contributed by atoms with Crippen LogP contribution in [0.4, 0.5) is 0 Å². The third-order valence-electron chi connectivity index (χ3n) is 4.80. The van der Waals surface area contributed by atoms with Crippen LogP contribution in [0.15, 0.2) is 48.0 Å². The Bertz CT molecular complexity index is 542. The molecule has 0 atom stereocenters. The van der Waals surface area contributed by atoms with Crippen LogP contribution in [0, 0.1) is 5.41 Å². The summed E-state index contributed by atoms with van der Waals surface area (Å²) in [7, 11) is 1.85. The largest absolute Gasteiger partial charge is 0.356 e. The molecule has 4 heteroatoms. The summed E-state index contributed by atoms with van der Waals surface area (Å²) in [6.07, 6.45) is 5.35. The molecule has 2 rings (SSSR count). The minimum atomic E-state index is 0.173. The number of guanidine groups is 1. The van der Waals surface area contributed by atoms with Gasteiger partial charge in [-0.2, -0.15) is 0 Å². The highest BCUT2D eigenvalue weighted by atomic mass is 15.2. The molecule has 0 unspecified atom stereocenters. The third-order valence-corrected chi connectivity index (χ3v) is 4.80. The first-order valence-corrected chi connectivity index (χ1v) is 9.37. The fourth-order valence-electron chi connectivity index (χ4n) is 3.36. The average Bonchev–Trinajstić information content (AvgIpc) is 2.61. The maximum Gasteiger partial charge on any atom is 0.191 e. The number of nitrogens with zero attached hydrogens (tertiary/aromatic N) is 2. The molecule has 0 bridgehead atoms. The van der Waals surface area contributed by atoms with Crippen molar-refractivity contribution in [3.8, 4) is 0 Å². The lowest BCUT2D eigenvalue weighted by Crippen LogP contribution is -2.50. The second-order valence-electron chi connectivity index (χ2n) is 7.76. The Kier molecular flexibility index (Phi) is 7.51. The van der Waals surface area contributed by atoms with Gasteiger partial charge in [0.1, 0.15) is 0 Å². The Hall–Kier alpha value is -1.81. The quantitative estimate of drug-likeness (QED) is 0.454. The Morgan fingerprint density at radius 1 is 1.28 bits per heavy atom. The van der Waals surface area contributed by atoms with Crippen molar-refractivity contribution in [2.45, 2.75) is 39.2 Å². The van der Waals surface area contributed by atoms with Crippen molar-refractivity contribution in [3.05, 3.63) is 48.6 Å². The molecule has 1 fully saturated rings. The molecule has 0 aromatic heterocycles. The molecule has 4 nitrogen and oxygen atoms in total. The van der Waals surface area contributed by atoms with Crippen LogP contribution in [0.3, 0.4) is 0 Å². The van der Waals surface area contributed by atoms with Gasteiger partial charge in [0.05, 0.1) is 0 Å². The zero-order valence-corrected chi connectivity index (χ0v) is 16.1. The molecular weight excluding hydrogens is 308 g/mol. The van der Waals surface area contributed by atoms with E-state index in [4.69, 9.17) is 0 Å². The van der Waals surface area contributed by atoms with E-state index >= 15 is 0 Å². The minimum absolute atomic E-state index is 0.173. The summed E-state index contributed by atoms with van der Waals surface area (Å²) in [4.78, 5) is 6.86. The molecule has 1 aromatic carbocycles. The van der Waals surface area contributed by atoms with E-state index in [1.165, 1.54) is 5.56 Å².